The van der Waals surface area contributed by atoms with Crippen LogP contribution in [0.3, 0.4) is 0 Å². The van der Waals surface area contributed by atoms with Crippen molar-refractivity contribution in [3.8, 4) is 22.8 Å². The van der Waals surface area contributed by atoms with E-state index in [1.165, 1.54) is 31.2 Å². The summed E-state index contributed by atoms with van der Waals surface area (Å²) in [6.45, 7) is 0. The van der Waals surface area contributed by atoms with Gasteiger partial charge in [-0.05, 0) is 54.6 Å². The van der Waals surface area contributed by atoms with E-state index in [2.05, 4.69) is 14.7 Å². The molecule has 1 heterocycles. The smallest absolute Gasteiger partial charge is 0.497 e. The van der Waals surface area contributed by atoms with Crippen molar-refractivity contribution in [1.29, 1.82) is 0 Å². The summed E-state index contributed by atoms with van der Waals surface area (Å²) in [5.41, 5.74) is -0.307. The fourth-order valence-electron chi connectivity index (χ4n) is 2.96. The first-order valence-corrected chi connectivity index (χ1v) is 11.2. The number of methoxy groups -OCH3 is 1. The molecule has 2 aromatic carbocycles. The van der Waals surface area contributed by atoms with Crippen LogP contribution in [0.1, 0.15) is 12.1 Å². The number of aromatic nitrogens is 2. The number of alkyl halides is 6. The van der Waals surface area contributed by atoms with Gasteiger partial charge in [-0.15, -0.1) is 13.2 Å². The van der Waals surface area contributed by atoms with Crippen molar-refractivity contribution >= 4 is 23.4 Å². The van der Waals surface area contributed by atoms with E-state index in [-0.39, 0.29) is 23.0 Å². The number of amides is 1. The van der Waals surface area contributed by atoms with Crippen molar-refractivity contribution in [2.45, 2.75) is 24.1 Å². The molecule has 0 saturated heterocycles. The number of thioether (sulfide) groups is 1. The first kappa shape index (κ1) is 27.1. The number of hydrogen-bond acceptors (Lipinski definition) is 6. The third kappa shape index (κ3) is 7.51. The van der Waals surface area contributed by atoms with Crippen LogP contribution in [-0.2, 0) is 11.0 Å². The van der Waals surface area contributed by atoms with Crippen LogP contribution < -0.4 is 14.4 Å². The van der Waals surface area contributed by atoms with Gasteiger partial charge in [0.2, 0.25) is 5.91 Å². The van der Waals surface area contributed by atoms with Gasteiger partial charge in [0.05, 0.1) is 12.8 Å². The van der Waals surface area contributed by atoms with Gasteiger partial charge in [0.1, 0.15) is 17.2 Å². The quantitative estimate of drug-likeness (QED) is 0.196. The van der Waals surface area contributed by atoms with Crippen LogP contribution in [0.4, 0.5) is 32.0 Å². The second-order valence-electron chi connectivity index (χ2n) is 7.24. The predicted octanol–water partition coefficient (Wildman–Crippen LogP) is 6.21. The van der Waals surface area contributed by atoms with Gasteiger partial charge in [-0.2, -0.15) is 13.2 Å². The molecule has 0 spiro atoms. The normalized spacial score (nSPS) is 11.8. The highest BCUT2D eigenvalue weighted by Gasteiger charge is 2.34. The zero-order valence-corrected chi connectivity index (χ0v) is 19.7. The summed E-state index contributed by atoms with van der Waals surface area (Å²) in [5, 5.41) is -0.153. The third-order valence-electron chi connectivity index (χ3n) is 4.76. The number of anilines is 1. The number of halogens is 6. The molecule has 0 fully saturated rings. The lowest BCUT2D eigenvalue weighted by Crippen LogP contribution is -2.26. The molecule has 6 nitrogen and oxygen atoms in total. The molecule has 0 unspecified atom stereocenters. The van der Waals surface area contributed by atoms with E-state index in [0.29, 0.717) is 17.0 Å². The van der Waals surface area contributed by atoms with Gasteiger partial charge in [0.15, 0.2) is 5.16 Å². The van der Waals surface area contributed by atoms with E-state index in [1.807, 2.05) is 0 Å². The van der Waals surface area contributed by atoms with Gasteiger partial charge in [-0.1, -0.05) is 11.8 Å². The molecule has 1 amide bonds. The molecule has 0 N–H and O–H groups in total. The van der Waals surface area contributed by atoms with E-state index in [4.69, 9.17) is 4.74 Å². The molecule has 0 aliphatic carbocycles. The van der Waals surface area contributed by atoms with Gasteiger partial charge < -0.3 is 14.4 Å². The average Bonchev–Trinajstić information content (AvgIpc) is 2.82. The van der Waals surface area contributed by atoms with Crippen LogP contribution in [-0.4, -0.2) is 42.1 Å². The highest BCUT2D eigenvalue weighted by Crippen LogP contribution is 2.33. The predicted molar refractivity (Wildman–Crippen MR) is 121 cm³/mol. The maximum atomic E-state index is 13.4. The molecular formula is C23H19F6N3O3S. The Labute approximate surface area is 206 Å². The summed E-state index contributed by atoms with van der Waals surface area (Å²) in [6.07, 6.45) is -9.61. The van der Waals surface area contributed by atoms with Crippen molar-refractivity contribution in [3.63, 3.8) is 0 Å². The summed E-state index contributed by atoms with van der Waals surface area (Å²) in [5.74, 6) is -0.239. The number of hydrogen-bond donors (Lipinski definition) is 0. The van der Waals surface area contributed by atoms with E-state index in [1.54, 1.807) is 24.3 Å². The molecule has 3 aromatic rings. The van der Waals surface area contributed by atoms with Gasteiger partial charge in [-0.3, -0.25) is 4.79 Å². The van der Waals surface area contributed by atoms with Gasteiger partial charge in [0, 0.05) is 30.5 Å². The van der Waals surface area contributed by atoms with Crippen molar-refractivity contribution in [2.75, 3.05) is 24.8 Å². The Morgan fingerprint density at radius 2 is 1.56 bits per heavy atom. The van der Waals surface area contributed by atoms with Crippen LogP contribution in [0.2, 0.25) is 0 Å². The minimum atomic E-state index is -4.83. The Kier molecular flexibility index (Phi) is 8.33. The Balaban J connectivity index is 1.67. The zero-order chi connectivity index (χ0) is 26.5. The number of rotatable bonds is 8. The fourth-order valence-corrected chi connectivity index (χ4v) is 3.74. The van der Waals surface area contributed by atoms with Crippen LogP contribution in [0, 0.1) is 0 Å². The minimum absolute atomic E-state index is 0.0621. The lowest BCUT2D eigenvalue weighted by atomic mass is 10.1. The fraction of sp³-hybridized carbons (Fsp3) is 0.261. The van der Waals surface area contributed by atoms with Gasteiger partial charge >= 0.3 is 12.5 Å². The number of benzene rings is 2. The van der Waals surface area contributed by atoms with Gasteiger partial charge in [-0.25, -0.2) is 9.97 Å². The zero-order valence-electron chi connectivity index (χ0n) is 18.9. The summed E-state index contributed by atoms with van der Waals surface area (Å²) in [6, 6.07) is 11.9. The first-order chi connectivity index (χ1) is 16.9. The number of carbonyl (C=O) groups is 1. The third-order valence-corrected chi connectivity index (χ3v) is 5.61. The molecule has 0 aliphatic rings. The first-order valence-electron chi connectivity index (χ1n) is 10.2. The number of ether oxygens (including phenoxy) is 2. The SMILES string of the molecule is COc1ccc(-c2cc(C(F)(F)F)nc(SCCC(=O)N(C)c3ccc(OC(F)(F)F)cc3)n2)cc1. The molecule has 3 rings (SSSR count). The molecular weight excluding hydrogens is 512 g/mol. The van der Waals surface area contributed by atoms with Crippen molar-refractivity contribution in [1.82, 2.24) is 9.97 Å². The molecule has 1 aromatic heterocycles. The largest absolute Gasteiger partial charge is 0.573 e. The van der Waals surface area contributed by atoms with Crippen molar-refractivity contribution in [3.05, 3.63) is 60.3 Å². The van der Waals surface area contributed by atoms with Crippen LogP contribution >= 0.6 is 11.8 Å². The van der Waals surface area contributed by atoms with Crippen LogP contribution in [0.15, 0.2) is 59.8 Å². The Hall–Kier alpha value is -3.48. The highest BCUT2D eigenvalue weighted by molar-refractivity contribution is 7.99. The summed E-state index contributed by atoms with van der Waals surface area (Å²) < 4.78 is 85.9. The number of carbonyl (C=O) groups excluding carboxylic acids is 1. The lowest BCUT2D eigenvalue weighted by Gasteiger charge is -2.18. The average molecular weight is 531 g/mol. The maximum absolute atomic E-state index is 13.4. The second kappa shape index (κ2) is 11.1. The minimum Gasteiger partial charge on any atom is -0.497 e. The molecule has 192 valence electrons. The van der Waals surface area contributed by atoms with Crippen molar-refractivity contribution < 1.29 is 40.6 Å². The molecule has 0 radical (unpaired) electrons. The van der Waals surface area contributed by atoms with Gasteiger partial charge in [0.25, 0.3) is 0 Å². The van der Waals surface area contributed by atoms with E-state index >= 15 is 0 Å². The standard InChI is InChI=1S/C23H19F6N3O3S/c1-32(15-5-9-17(10-6-15)35-23(27,28)29)20(33)11-12-36-21-30-18(13-19(31-21)22(24,25)26)14-3-7-16(34-2)8-4-14/h3-10,13H,11-12H2,1-2H3. The Bertz CT molecular complexity index is 1190. The Morgan fingerprint density at radius 3 is 2.11 bits per heavy atom. The molecule has 0 atom stereocenters. The summed E-state index contributed by atoms with van der Waals surface area (Å²) in [7, 11) is 2.89. The van der Waals surface area contributed by atoms with Crippen LogP contribution in [0.5, 0.6) is 11.5 Å². The molecule has 13 heteroatoms. The topological polar surface area (TPSA) is 64.5 Å². The second-order valence-corrected chi connectivity index (χ2v) is 8.30. The number of nitrogens with zero attached hydrogens (tertiary/aromatic N) is 3. The van der Waals surface area contributed by atoms with E-state index < -0.39 is 29.9 Å². The van der Waals surface area contributed by atoms with Crippen LogP contribution in [0.25, 0.3) is 11.3 Å². The molecule has 0 aliphatic heterocycles. The Morgan fingerprint density at radius 1 is 0.944 bits per heavy atom. The summed E-state index contributed by atoms with van der Waals surface area (Å²) in [4.78, 5) is 21.5. The monoisotopic (exact) mass is 531 g/mol. The summed E-state index contributed by atoms with van der Waals surface area (Å²) >= 11 is 0.878. The molecule has 0 bridgehead atoms. The highest BCUT2D eigenvalue weighted by atomic mass is 32.2. The van der Waals surface area contributed by atoms with E-state index in [0.717, 1.165) is 30.0 Å². The van der Waals surface area contributed by atoms with E-state index in [9.17, 15) is 31.1 Å². The maximum Gasteiger partial charge on any atom is 0.573 e. The van der Waals surface area contributed by atoms with Crippen molar-refractivity contribution in [2.24, 2.45) is 0 Å². The molecule has 0 saturated carbocycles. The molecule has 36 heavy (non-hydrogen) atoms. The lowest BCUT2D eigenvalue weighted by molar-refractivity contribution is -0.274.